The number of anilines is 4. The second kappa shape index (κ2) is 12.6. The van der Waals surface area contributed by atoms with E-state index in [1.54, 1.807) is 12.1 Å². The third-order valence-electron chi connectivity index (χ3n) is 6.02. The molecule has 2 heterocycles. The standard InChI is InChI=1S/C27H26N6O7S2/c34-41(35,36)23-12-6-4-8-20(23)14-15-21-9-5-7-13-24(21)42(37,38)40-32-26-29-25(28-22-10-2-1-3-11-22)30-27(31-26)33-16-18-39-19-17-33/h1-15H,16-19H2,(H,34,35,36)(H2,28,29,30,31,32). The number of benzene rings is 3. The van der Waals surface area contributed by atoms with Crippen molar-refractivity contribution in [3.8, 4) is 0 Å². The number of hydrogen-bond donors (Lipinski definition) is 3. The van der Waals surface area contributed by atoms with Gasteiger partial charge in [0.05, 0.1) is 13.2 Å². The largest absolute Gasteiger partial charge is 0.378 e. The Hall–Kier alpha value is -4.41. The minimum absolute atomic E-state index is 0.149. The van der Waals surface area contributed by atoms with Crippen LogP contribution in [0.3, 0.4) is 0 Å². The first kappa shape index (κ1) is 29.1. The predicted molar refractivity (Wildman–Crippen MR) is 156 cm³/mol. The molecule has 218 valence electrons. The van der Waals surface area contributed by atoms with Crippen molar-refractivity contribution < 1.29 is 30.4 Å². The number of aromatic nitrogens is 3. The van der Waals surface area contributed by atoms with Gasteiger partial charge in [0.2, 0.25) is 11.9 Å². The van der Waals surface area contributed by atoms with Crippen molar-refractivity contribution in [2.24, 2.45) is 0 Å². The Kier molecular flexibility index (Phi) is 8.75. The number of nitrogens with one attached hydrogen (secondary N) is 2. The molecular weight excluding hydrogens is 584 g/mol. The van der Waals surface area contributed by atoms with Crippen LogP contribution in [-0.4, -0.2) is 62.6 Å². The Balaban J connectivity index is 1.40. The van der Waals surface area contributed by atoms with E-state index in [-0.39, 0.29) is 32.8 Å². The summed E-state index contributed by atoms with van der Waals surface area (Å²) in [6, 6.07) is 20.9. The van der Waals surface area contributed by atoms with E-state index in [0.29, 0.717) is 37.9 Å². The van der Waals surface area contributed by atoms with Crippen LogP contribution in [0.25, 0.3) is 12.2 Å². The molecule has 13 nitrogen and oxygen atoms in total. The van der Waals surface area contributed by atoms with E-state index in [0.717, 1.165) is 0 Å². The summed E-state index contributed by atoms with van der Waals surface area (Å²) in [5.41, 5.74) is 3.43. The van der Waals surface area contributed by atoms with Crippen molar-refractivity contribution in [1.82, 2.24) is 15.0 Å². The van der Waals surface area contributed by atoms with Crippen LogP contribution in [0.2, 0.25) is 0 Å². The van der Waals surface area contributed by atoms with Crippen molar-refractivity contribution in [2.45, 2.75) is 9.79 Å². The molecule has 1 aliphatic heterocycles. The summed E-state index contributed by atoms with van der Waals surface area (Å²) in [4.78, 5) is 14.4. The molecule has 1 aliphatic rings. The fraction of sp³-hybridized carbons (Fsp3) is 0.148. The monoisotopic (exact) mass is 610 g/mol. The Morgan fingerprint density at radius 2 is 1.33 bits per heavy atom. The lowest BCUT2D eigenvalue weighted by molar-refractivity contribution is 0.122. The van der Waals surface area contributed by atoms with Gasteiger partial charge in [0.25, 0.3) is 16.1 Å². The van der Waals surface area contributed by atoms with Gasteiger partial charge < -0.3 is 15.0 Å². The smallest absolute Gasteiger partial charge is 0.318 e. The highest BCUT2D eigenvalue weighted by atomic mass is 32.2. The minimum atomic E-state index is -4.49. The molecule has 42 heavy (non-hydrogen) atoms. The zero-order chi connectivity index (χ0) is 29.6. The fourth-order valence-corrected chi connectivity index (χ4v) is 5.67. The molecule has 1 saturated heterocycles. The molecule has 0 atom stereocenters. The third-order valence-corrected chi connectivity index (χ3v) is 8.16. The molecule has 0 bridgehead atoms. The van der Waals surface area contributed by atoms with Gasteiger partial charge >= 0.3 is 10.1 Å². The molecular formula is C27H26N6O7S2. The van der Waals surface area contributed by atoms with Gasteiger partial charge in [0.15, 0.2) is 0 Å². The first-order valence-electron chi connectivity index (χ1n) is 12.6. The van der Waals surface area contributed by atoms with Crippen LogP contribution in [0.1, 0.15) is 11.1 Å². The summed E-state index contributed by atoms with van der Waals surface area (Å²) in [7, 11) is -8.92. The van der Waals surface area contributed by atoms with Crippen molar-refractivity contribution in [2.75, 3.05) is 42.0 Å². The lowest BCUT2D eigenvalue weighted by Crippen LogP contribution is -2.37. The van der Waals surface area contributed by atoms with Crippen LogP contribution in [0.4, 0.5) is 23.5 Å². The zero-order valence-electron chi connectivity index (χ0n) is 22.0. The van der Waals surface area contributed by atoms with E-state index in [4.69, 9.17) is 9.02 Å². The number of rotatable bonds is 10. The van der Waals surface area contributed by atoms with Crippen LogP contribution < -0.4 is 15.7 Å². The predicted octanol–water partition coefficient (Wildman–Crippen LogP) is 3.60. The van der Waals surface area contributed by atoms with Gasteiger partial charge in [-0.1, -0.05) is 66.7 Å². The van der Waals surface area contributed by atoms with Gasteiger partial charge in [0, 0.05) is 18.8 Å². The number of nitrogens with zero attached hydrogens (tertiary/aromatic N) is 4. The van der Waals surface area contributed by atoms with Gasteiger partial charge in [0.1, 0.15) is 9.79 Å². The highest BCUT2D eigenvalue weighted by molar-refractivity contribution is 7.87. The maximum atomic E-state index is 13.3. The molecule has 3 aromatic carbocycles. The molecule has 4 aromatic rings. The molecule has 3 N–H and O–H groups in total. The van der Waals surface area contributed by atoms with E-state index >= 15 is 0 Å². The first-order valence-corrected chi connectivity index (χ1v) is 15.5. The maximum Gasteiger partial charge on any atom is 0.318 e. The van der Waals surface area contributed by atoms with Crippen LogP contribution in [0.15, 0.2) is 88.7 Å². The van der Waals surface area contributed by atoms with E-state index in [9.17, 15) is 21.4 Å². The summed E-state index contributed by atoms with van der Waals surface area (Å²) in [6.07, 6.45) is 2.79. The van der Waals surface area contributed by atoms with Crippen LogP contribution in [-0.2, 0) is 29.3 Å². The van der Waals surface area contributed by atoms with Gasteiger partial charge in [-0.15, -0.1) is 4.28 Å². The summed E-state index contributed by atoms with van der Waals surface area (Å²) in [5.74, 6) is 0.321. The van der Waals surface area contributed by atoms with Gasteiger partial charge in [-0.25, -0.2) is 5.48 Å². The average molecular weight is 611 g/mol. The summed E-state index contributed by atoms with van der Waals surface area (Å²) >= 11 is 0. The normalized spacial score (nSPS) is 14.2. The Morgan fingerprint density at radius 3 is 2.00 bits per heavy atom. The highest BCUT2D eigenvalue weighted by Gasteiger charge is 2.22. The van der Waals surface area contributed by atoms with Crippen molar-refractivity contribution >= 4 is 55.9 Å². The van der Waals surface area contributed by atoms with Gasteiger partial charge in [-0.3, -0.25) is 4.55 Å². The zero-order valence-corrected chi connectivity index (χ0v) is 23.6. The molecule has 15 heteroatoms. The topological polar surface area (TPSA) is 173 Å². The highest BCUT2D eigenvalue weighted by Crippen LogP contribution is 2.24. The van der Waals surface area contributed by atoms with E-state index in [1.165, 1.54) is 48.6 Å². The molecule has 0 saturated carbocycles. The van der Waals surface area contributed by atoms with Crippen LogP contribution in [0.5, 0.6) is 0 Å². The summed E-state index contributed by atoms with van der Waals surface area (Å²) in [6.45, 7) is 2.04. The second-order valence-electron chi connectivity index (χ2n) is 8.90. The molecule has 0 radical (unpaired) electrons. The molecule has 0 unspecified atom stereocenters. The Morgan fingerprint density at radius 1 is 0.762 bits per heavy atom. The van der Waals surface area contributed by atoms with Crippen molar-refractivity contribution in [3.05, 3.63) is 90.0 Å². The molecule has 1 fully saturated rings. The van der Waals surface area contributed by atoms with Crippen LogP contribution in [0, 0.1) is 0 Å². The van der Waals surface area contributed by atoms with E-state index < -0.39 is 20.2 Å². The lowest BCUT2D eigenvalue weighted by Gasteiger charge is -2.27. The number of morpholine rings is 1. The van der Waals surface area contributed by atoms with Gasteiger partial charge in [-0.2, -0.15) is 31.8 Å². The van der Waals surface area contributed by atoms with Crippen molar-refractivity contribution in [3.63, 3.8) is 0 Å². The maximum absolute atomic E-state index is 13.3. The van der Waals surface area contributed by atoms with Crippen molar-refractivity contribution in [1.29, 1.82) is 0 Å². The fourth-order valence-electron chi connectivity index (χ4n) is 4.04. The lowest BCUT2D eigenvalue weighted by atomic mass is 10.1. The molecule has 0 aliphatic carbocycles. The minimum Gasteiger partial charge on any atom is -0.378 e. The van der Waals surface area contributed by atoms with Gasteiger partial charge in [-0.05, 0) is 35.4 Å². The quantitative estimate of drug-likeness (QED) is 0.135. The molecule has 5 rings (SSSR count). The number of hydrogen-bond acceptors (Lipinski definition) is 12. The average Bonchev–Trinajstić information content (AvgIpc) is 3.00. The summed E-state index contributed by atoms with van der Waals surface area (Å²) < 4.78 is 70.0. The van der Waals surface area contributed by atoms with E-state index in [2.05, 4.69) is 25.7 Å². The molecule has 1 aromatic heterocycles. The number of ether oxygens (including phenoxy) is 1. The molecule has 0 spiro atoms. The summed E-state index contributed by atoms with van der Waals surface area (Å²) in [5, 5.41) is 3.07. The molecule has 0 amide bonds. The second-order valence-corrected chi connectivity index (χ2v) is 11.8. The van der Waals surface area contributed by atoms with E-state index in [1.807, 2.05) is 35.2 Å². The Labute approximate surface area is 242 Å². The third kappa shape index (κ3) is 7.26. The number of para-hydroxylation sites is 1. The Bertz CT molecular complexity index is 1800. The first-order chi connectivity index (χ1) is 20.2. The van der Waals surface area contributed by atoms with Crippen LogP contribution >= 0.6 is 0 Å². The SMILES string of the molecule is O=S(=O)(O)c1ccccc1C=Cc1ccccc1S(=O)(=O)ONc1nc(Nc2ccccc2)nc(N2CCOCC2)n1.